The number of rotatable bonds is 8. The van der Waals surface area contributed by atoms with E-state index in [1.807, 2.05) is 0 Å². The first-order chi connectivity index (χ1) is 14.7. The van der Waals surface area contributed by atoms with E-state index >= 15 is 0 Å². The summed E-state index contributed by atoms with van der Waals surface area (Å²) < 4.78 is 5.18. The molecule has 0 saturated carbocycles. The van der Waals surface area contributed by atoms with Crippen molar-refractivity contribution in [3.63, 3.8) is 0 Å². The molecular formula is C23H36N4O4. The molecule has 2 aliphatic rings. The number of hydrogen-bond donors (Lipinski definition) is 3. The van der Waals surface area contributed by atoms with Gasteiger partial charge in [-0.25, -0.2) is 14.6 Å². The van der Waals surface area contributed by atoms with Gasteiger partial charge < -0.3 is 25.4 Å². The number of alkyl carbamates (subject to hydrolysis) is 1. The van der Waals surface area contributed by atoms with Crippen LogP contribution in [0.5, 0.6) is 0 Å². The van der Waals surface area contributed by atoms with Gasteiger partial charge in [0, 0.05) is 25.3 Å². The normalized spacial score (nSPS) is 19.9. The number of aromatic nitrogens is 1. The smallest absolute Gasteiger partial charge is 0.408 e. The van der Waals surface area contributed by atoms with Crippen molar-refractivity contribution < 1.29 is 19.4 Å². The molecule has 3 rings (SSSR count). The monoisotopic (exact) mass is 432 g/mol. The van der Waals surface area contributed by atoms with E-state index in [4.69, 9.17) is 9.72 Å². The second-order valence-corrected chi connectivity index (χ2v) is 9.66. The number of fused-ring (bicyclic) bond motifs is 1. The summed E-state index contributed by atoms with van der Waals surface area (Å²) in [5.74, 6) is 0.607. The van der Waals surface area contributed by atoms with Crippen LogP contribution in [0.1, 0.15) is 57.7 Å². The average Bonchev–Trinajstić information content (AvgIpc) is 3.15. The number of amides is 1. The number of hydrogen-bond acceptors (Lipinski definition) is 6. The van der Waals surface area contributed by atoms with Crippen molar-refractivity contribution in [3.05, 3.63) is 23.4 Å². The molecule has 1 saturated heterocycles. The van der Waals surface area contributed by atoms with Crippen molar-refractivity contribution in [1.29, 1.82) is 0 Å². The minimum Gasteiger partial charge on any atom is -0.480 e. The lowest BCUT2D eigenvalue weighted by Gasteiger charge is -2.23. The largest absolute Gasteiger partial charge is 0.480 e. The van der Waals surface area contributed by atoms with Gasteiger partial charge in [0.25, 0.3) is 0 Å². The summed E-state index contributed by atoms with van der Waals surface area (Å²) in [5, 5.41) is 15.3. The van der Waals surface area contributed by atoms with Crippen molar-refractivity contribution >= 4 is 17.9 Å². The zero-order valence-corrected chi connectivity index (χ0v) is 18.9. The Bertz CT molecular complexity index is 777. The average molecular weight is 433 g/mol. The zero-order valence-electron chi connectivity index (χ0n) is 18.9. The number of carbonyl (C=O) groups excluding carboxylic acids is 1. The van der Waals surface area contributed by atoms with Gasteiger partial charge in [-0.15, -0.1) is 0 Å². The Morgan fingerprint density at radius 1 is 1.39 bits per heavy atom. The van der Waals surface area contributed by atoms with Gasteiger partial charge in [-0.2, -0.15) is 0 Å². The SMILES string of the molecule is CC(C)(C)OC(=O)N[C@H](CCN1CC[C@H](CCc2ccc3c(n2)NCCC3)C1)C(=O)O. The van der Waals surface area contributed by atoms with Crippen LogP contribution in [0, 0.1) is 5.92 Å². The molecule has 0 aliphatic carbocycles. The Hall–Kier alpha value is -2.35. The first-order valence-electron chi connectivity index (χ1n) is 11.4. The second kappa shape index (κ2) is 10.3. The maximum atomic E-state index is 11.9. The van der Waals surface area contributed by atoms with Gasteiger partial charge in [0.1, 0.15) is 17.5 Å². The Morgan fingerprint density at radius 3 is 2.94 bits per heavy atom. The Kier molecular flexibility index (Phi) is 7.75. The minimum absolute atomic E-state index is 0.360. The summed E-state index contributed by atoms with van der Waals surface area (Å²) in [6.07, 6.45) is 5.10. The van der Waals surface area contributed by atoms with Gasteiger partial charge in [-0.05, 0) is 83.4 Å². The fourth-order valence-electron chi connectivity index (χ4n) is 4.23. The molecule has 3 heterocycles. The Morgan fingerprint density at radius 2 is 2.19 bits per heavy atom. The lowest BCUT2D eigenvalue weighted by Crippen LogP contribution is -2.45. The van der Waals surface area contributed by atoms with Gasteiger partial charge >= 0.3 is 12.1 Å². The number of ether oxygens (including phenoxy) is 1. The third-order valence-electron chi connectivity index (χ3n) is 5.85. The number of nitrogens with zero attached hydrogens (tertiary/aromatic N) is 2. The molecule has 8 nitrogen and oxygen atoms in total. The van der Waals surface area contributed by atoms with Crippen molar-refractivity contribution in [2.75, 3.05) is 31.5 Å². The van der Waals surface area contributed by atoms with Crippen LogP contribution in [0.4, 0.5) is 10.6 Å². The summed E-state index contributed by atoms with van der Waals surface area (Å²) >= 11 is 0. The molecule has 0 aromatic carbocycles. The maximum absolute atomic E-state index is 11.9. The number of nitrogens with one attached hydrogen (secondary N) is 2. The quantitative estimate of drug-likeness (QED) is 0.580. The van der Waals surface area contributed by atoms with Crippen LogP contribution >= 0.6 is 0 Å². The van der Waals surface area contributed by atoms with Gasteiger partial charge in [-0.1, -0.05) is 6.07 Å². The number of likely N-dealkylation sites (tertiary alicyclic amines) is 1. The standard InChI is InChI=1S/C23H36N4O4/c1-23(2,3)31-22(30)26-19(21(28)29)11-14-27-13-10-16(15-27)6-8-18-9-7-17-5-4-12-24-20(17)25-18/h7,9,16,19H,4-6,8,10-15H2,1-3H3,(H,24,25)(H,26,30)(H,28,29)/t16-,19+/m0/s1. The molecule has 2 atom stereocenters. The second-order valence-electron chi connectivity index (χ2n) is 9.66. The molecule has 1 fully saturated rings. The van der Waals surface area contributed by atoms with Crippen molar-refractivity contribution in [1.82, 2.24) is 15.2 Å². The van der Waals surface area contributed by atoms with Gasteiger partial charge in [0.2, 0.25) is 0 Å². The van der Waals surface area contributed by atoms with Crippen LogP contribution in [-0.4, -0.2) is 64.9 Å². The topological polar surface area (TPSA) is 104 Å². The minimum atomic E-state index is -1.03. The number of aryl methyl sites for hydroxylation is 2. The van der Waals surface area contributed by atoms with Crippen molar-refractivity contribution in [3.8, 4) is 0 Å². The van der Waals surface area contributed by atoms with E-state index in [9.17, 15) is 14.7 Å². The number of pyridine rings is 1. The Balaban J connectivity index is 1.41. The first kappa shape index (κ1) is 23.3. The number of aliphatic carboxylic acids is 1. The number of carboxylic acids is 1. The van der Waals surface area contributed by atoms with E-state index in [0.29, 0.717) is 18.9 Å². The molecule has 1 aromatic rings. The van der Waals surface area contributed by atoms with E-state index in [1.54, 1.807) is 20.8 Å². The van der Waals surface area contributed by atoms with Crippen LogP contribution in [-0.2, 0) is 22.4 Å². The van der Waals surface area contributed by atoms with E-state index in [1.165, 1.54) is 12.0 Å². The summed E-state index contributed by atoms with van der Waals surface area (Å²) in [6.45, 7) is 8.82. The van der Waals surface area contributed by atoms with Crippen LogP contribution in [0.15, 0.2) is 12.1 Å². The molecule has 0 radical (unpaired) electrons. The molecule has 3 N–H and O–H groups in total. The lowest BCUT2D eigenvalue weighted by molar-refractivity contribution is -0.139. The fraction of sp³-hybridized carbons (Fsp3) is 0.696. The molecule has 0 bridgehead atoms. The van der Waals surface area contributed by atoms with Gasteiger partial charge in [0.15, 0.2) is 0 Å². The van der Waals surface area contributed by atoms with Crippen LogP contribution in [0.25, 0.3) is 0 Å². The van der Waals surface area contributed by atoms with E-state index in [2.05, 4.69) is 27.7 Å². The van der Waals surface area contributed by atoms with E-state index in [0.717, 1.165) is 56.8 Å². The van der Waals surface area contributed by atoms with Crippen LogP contribution in [0.3, 0.4) is 0 Å². The number of carboxylic acid groups (broad SMARTS) is 1. The highest BCUT2D eigenvalue weighted by atomic mass is 16.6. The highest BCUT2D eigenvalue weighted by Crippen LogP contribution is 2.24. The highest BCUT2D eigenvalue weighted by Gasteiger charge is 2.27. The Labute approximate surface area is 184 Å². The number of anilines is 1. The van der Waals surface area contributed by atoms with E-state index in [-0.39, 0.29) is 0 Å². The summed E-state index contributed by atoms with van der Waals surface area (Å²) in [4.78, 5) is 30.5. The maximum Gasteiger partial charge on any atom is 0.408 e. The van der Waals surface area contributed by atoms with Gasteiger partial charge in [0.05, 0.1) is 0 Å². The molecule has 8 heteroatoms. The molecule has 0 spiro atoms. The van der Waals surface area contributed by atoms with Crippen molar-refractivity contribution in [2.24, 2.45) is 5.92 Å². The van der Waals surface area contributed by atoms with Gasteiger partial charge in [-0.3, -0.25) is 0 Å². The summed E-state index contributed by atoms with van der Waals surface area (Å²) in [5.41, 5.74) is 1.80. The molecule has 1 aromatic heterocycles. The summed E-state index contributed by atoms with van der Waals surface area (Å²) in [6, 6.07) is 3.41. The number of carbonyl (C=O) groups is 2. The highest BCUT2D eigenvalue weighted by molar-refractivity contribution is 5.80. The van der Waals surface area contributed by atoms with E-state index < -0.39 is 23.7 Å². The van der Waals surface area contributed by atoms with Crippen LogP contribution in [0.2, 0.25) is 0 Å². The fourth-order valence-corrected chi connectivity index (χ4v) is 4.23. The summed E-state index contributed by atoms with van der Waals surface area (Å²) in [7, 11) is 0. The van der Waals surface area contributed by atoms with Crippen molar-refractivity contribution in [2.45, 2.75) is 70.9 Å². The van der Waals surface area contributed by atoms with Crippen LogP contribution < -0.4 is 10.6 Å². The third-order valence-corrected chi connectivity index (χ3v) is 5.85. The first-order valence-corrected chi connectivity index (χ1v) is 11.4. The zero-order chi connectivity index (χ0) is 22.4. The molecule has 1 amide bonds. The molecular weight excluding hydrogens is 396 g/mol. The molecule has 0 unspecified atom stereocenters. The predicted octanol–water partition coefficient (Wildman–Crippen LogP) is 3.06. The molecule has 31 heavy (non-hydrogen) atoms. The molecule has 172 valence electrons. The predicted molar refractivity (Wildman–Crippen MR) is 119 cm³/mol. The third kappa shape index (κ3) is 7.38. The molecule has 2 aliphatic heterocycles. The lowest BCUT2D eigenvalue weighted by atomic mass is 10.00.